The van der Waals surface area contributed by atoms with Gasteiger partial charge in [0.2, 0.25) is 10.0 Å². The molecule has 1 aliphatic rings. The summed E-state index contributed by atoms with van der Waals surface area (Å²) in [6, 6.07) is 0. The van der Waals surface area contributed by atoms with Crippen LogP contribution < -0.4 is 0 Å². The van der Waals surface area contributed by atoms with Crippen LogP contribution in [0.2, 0.25) is 0 Å². The Bertz CT molecular complexity index is 551. The molecule has 0 aliphatic carbocycles. The van der Waals surface area contributed by atoms with Crippen LogP contribution in [0.3, 0.4) is 0 Å². The number of sulfonamides is 1. The lowest BCUT2D eigenvalue weighted by molar-refractivity contribution is 0.450. The lowest BCUT2D eigenvalue weighted by Gasteiger charge is -2.15. The first kappa shape index (κ1) is 15.5. The molecule has 1 fully saturated rings. The summed E-state index contributed by atoms with van der Waals surface area (Å²) in [4.78, 5) is 4.50. The van der Waals surface area contributed by atoms with E-state index in [9.17, 15) is 8.42 Å². The molecule has 1 saturated heterocycles. The maximum absolute atomic E-state index is 11.9. The molecule has 114 valence electrons. The molecule has 0 N–H and O–H groups in total. The summed E-state index contributed by atoms with van der Waals surface area (Å²) in [5.74, 6) is 1.70. The van der Waals surface area contributed by atoms with Gasteiger partial charge >= 0.3 is 0 Å². The minimum atomic E-state index is -3.03. The van der Waals surface area contributed by atoms with Gasteiger partial charge in [0, 0.05) is 37.9 Å². The van der Waals surface area contributed by atoms with E-state index in [1.807, 2.05) is 6.20 Å². The molecule has 6 heteroatoms. The Kier molecular flexibility index (Phi) is 4.86. The van der Waals surface area contributed by atoms with E-state index in [4.69, 9.17) is 0 Å². The SMILES string of the molecule is CCCn1c(C)cnc1CC1CCN(S(=O)(=O)CC)C1. The Morgan fingerprint density at radius 1 is 1.40 bits per heavy atom. The molecule has 0 radical (unpaired) electrons. The lowest BCUT2D eigenvalue weighted by Crippen LogP contribution is -2.30. The highest BCUT2D eigenvalue weighted by atomic mass is 32.2. The first-order chi connectivity index (χ1) is 9.47. The third-order valence-corrected chi connectivity index (χ3v) is 5.91. The minimum absolute atomic E-state index is 0.198. The summed E-state index contributed by atoms with van der Waals surface area (Å²) < 4.78 is 27.7. The number of hydrogen-bond donors (Lipinski definition) is 0. The van der Waals surface area contributed by atoms with Gasteiger partial charge in [-0.25, -0.2) is 17.7 Å². The molecule has 0 spiro atoms. The van der Waals surface area contributed by atoms with E-state index in [1.165, 1.54) is 5.69 Å². The molecule has 0 aromatic carbocycles. The van der Waals surface area contributed by atoms with E-state index < -0.39 is 10.0 Å². The van der Waals surface area contributed by atoms with Gasteiger partial charge in [-0.3, -0.25) is 0 Å². The number of nitrogens with zero attached hydrogens (tertiary/aromatic N) is 3. The Morgan fingerprint density at radius 2 is 2.15 bits per heavy atom. The zero-order chi connectivity index (χ0) is 14.8. The summed E-state index contributed by atoms with van der Waals surface area (Å²) in [6.07, 6.45) is 4.83. The fourth-order valence-electron chi connectivity index (χ4n) is 2.86. The molecule has 1 unspecified atom stereocenters. The average molecular weight is 299 g/mol. The Morgan fingerprint density at radius 3 is 2.80 bits per heavy atom. The van der Waals surface area contributed by atoms with Crippen molar-refractivity contribution in [2.45, 2.75) is 46.6 Å². The molecule has 2 heterocycles. The molecular formula is C14H25N3O2S. The van der Waals surface area contributed by atoms with Crippen molar-refractivity contribution in [3.05, 3.63) is 17.7 Å². The normalized spacial score (nSPS) is 20.6. The number of aromatic nitrogens is 2. The van der Waals surface area contributed by atoms with Gasteiger partial charge in [0.05, 0.1) is 5.75 Å². The minimum Gasteiger partial charge on any atom is -0.332 e. The Balaban J connectivity index is 2.02. The van der Waals surface area contributed by atoms with Crippen molar-refractivity contribution >= 4 is 10.0 Å². The van der Waals surface area contributed by atoms with E-state index in [2.05, 4.69) is 23.4 Å². The second kappa shape index (κ2) is 6.26. The quantitative estimate of drug-likeness (QED) is 0.805. The van der Waals surface area contributed by atoms with Crippen molar-refractivity contribution in [2.75, 3.05) is 18.8 Å². The van der Waals surface area contributed by atoms with Crippen molar-refractivity contribution in [3.63, 3.8) is 0 Å². The molecule has 1 aromatic heterocycles. The maximum Gasteiger partial charge on any atom is 0.213 e. The van der Waals surface area contributed by atoms with Gasteiger partial charge in [-0.15, -0.1) is 0 Å². The van der Waals surface area contributed by atoms with Gasteiger partial charge in [-0.1, -0.05) is 6.92 Å². The fraction of sp³-hybridized carbons (Fsp3) is 0.786. The predicted octanol–water partition coefficient (Wildman–Crippen LogP) is 1.82. The molecule has 0 saturated carbocycles. The van der Waals surface area contributed by atoms with Crippen LogP contribution in [0, 0.1) is 12.8 Å². The summed E-state index contributed by atoms with van der Waals surface area (Å²) >= 11 is 0. The van der Waals surface area contributed by atoms with Crippen LogP contribution in [0.4, 0.5) is 0 Å². The largest absolute Gasteiger partial charge is 0.332 e. The third-order valence-electron chi connectivity index (χ3n) is 4.06. The maximum atomic E-state index is 11.9. The van der Waals surface area contributed by atoms with Crippen molar-refractivity contribution < 1.29 is 8.42 Å². The third kappa shape index (κ3) is 3.23. The highest BCUT2D eigenvalue weighted by Crippen LogP contribution is 2.23. The van der Waals surface area contributed by atoms with Crippen molar-refractivity contribution in [1.29, 1.82) is 0 Å². The molecule has 1 aliphatic heterocycles. The topological polar surface area (TPSA) is 55.2 Å². The molecule has 1 atom stereocenters. The van der Waals surface area contributed by atoms with E-state index in [0.29, 0.717) is 19.0 Å². The van der Waals surface area contributed by atoms with Crippen molar-refractivity contribution in [1.82, 2.24) is 13.9 Å². The van der Waals surface area contributed by atoms with Gasteiger partial charge < -0.3 is 4.57 Å². The second-order valence-corrected chi connectivity index (χ2v) is 7.84. The first-order valence-corrected chi connectivity index (χ1v) is 9.07. The highest BCUT2D eigenvalue weighted by molar-refractivity contribution is 7.89. The van der Waals surface area contributed by atoms with Crippen LogP contribution in [0.15, 0.2) is 6.20 Å². The van der Waals surface area contributed by atoms with Crippen LogP contribution in [0.5, 0.6) is 0 Å². The van der Waals surface area contributed by atoms with Gasteiger partial charge in [0.15, 0.2) is 0 Å². The molecule has 0 amide bonds. The van der Waals surface area contributed by atoms with E-state index in [1.54, 1.807) is 11.2 Å². The van der Waals surface area contributed by atoms with Crippen LogP contribution in [0.1, 0.15) is 38.2 Å². The number of aryl methyl sites for hydroxylation is 1. The van der Waals surface area contributed by atoms with E-state index in [-0.39, 0.29) is 5.75 Å². The number of imidazole rings is 1. The smallest absolute Gasteiger partial charge is 0.213 e. The van der Waals surface area contributed by atoms with E-state index >= 15 is 0 Å². The second-order valence-electron chi connectivity index (χ2n) is 5.58. The summed E-state index contributed by atoms with van der Waals surface area (Å²) in [5, 5.41) is 0. The van der Waals surface area contributed by atoms with Crippen LogP contribution in [0.25, 0.3) is 0 Å². The monoisotopic (exact) mass is 299 g/mol. The average Bonchev–Trinajstić information content (AvgIpc) is 3.01. The molecule has 1 aromatic rings. The summed E-state index contributed by atoms with van der Waals surface area (Å²) in [6.45, 7) is 8.25. The van der Waals surface area contributed by atoms with Crippen LogP contribution in [-0.4, -0.2) is 41.1 Å². The molecule has 2 rings (SSSR count). The fourth-order valence-corrected chi connectivity index (χ4v) is 4.05. The van der Waals surface area contributed by atoms with Crippen LogP contribution in [-0.2, 0) is 23.0 Å². The van der Waals surface area contributed by atoms with Crippen molar-refractivity contribution in [3.8, 4) is 0 Å². The van der Waals surface area contributed by atoms with Gasteiger partial charge in [0.25, 0.3) is 0 Å². The number of rotatable bonds is 6. The first-order valence-electron chi connectivity index (χ1n) is 7.46. The lowest BCUT2D eigenvalue weighted by atomic mass is 10.0. The predicted molar refractivity (Wildman–Crippen MR) is 80.1 cm³/mol. The zero-order valence-corrected chi connectivity index (χ0v) is 13.5. The van der Waals surface area contributed by atoms with Crippen LogP contribution >= 0.6 is 0 Å². The highest BCUT2D eigenvalue weighted by Gasteiger charge is 2.30. The molecule has 0 bridgehead atoms. The van der Waals surface area contributed by atoms with Gasteiger partial charge in [-0.2, -0.15) is 0 Å². The number of hydrogen-bond acceptors (Lipinski definition) is 3. The molecule has 20 heavy (non-hydrogen) atoms. The van der Waals surface area contributed by atoms with Gasteiger partial charge in [0.1, 0.15) is 5.82 Å². The van der Waals surface area contributed by atoms with E-state index in [0.717, 1.165) is 31.6 Å². The Hall–Kier alpha value is -0.880. The summed E-state index contributed by atoms with van der Waals surface area (Å²) in [5.41, 5.74) is 1.19. The molecule has 5 nitrogen and oxygen atoms in total. The summed E-state index contributed by atoms with van der Waals surface area (Å²) in [7, 11) is -3.03. The zero-order valence-electron chi connectivity index (χ0n) is 12.7. The van der Waals surface area contributed by atoms with Crippen molar-refractivity contribution in [2.24, 2.45) is 5.92 Å². The standard InChI is InChI=1S/C14H25N3O2S/c1-4-7-17-12(3)10-15-14(17)9-13-6-8-16(11-13)20(18,19)5-2/h10,13H,4-9,11H2,1-3H3. The van der Waals surface area contributed by atoms with Gasteiger partial charge in [-0.05, 0) is 32.6 Å². The molecular weight excluding hydrogens is 274 g/mol. The Labute approximate surface area is 122 Å².